The topological polar surface area (TPSA) is 155 Å². The lowest BCUT2D eigenvalue weighted by Crippen LogP contribution is -2.09. The highest BCUT2D eigenvalue weighted by Gasteiger charge is 2.28. The molecule has 0 radical (unpaired) electrons. The Morgan fingerprint density at radius 1 is 1.00 bits per heavy atom. The van der Waals surface area contributed by atoms with Crippen LogP contribution in [0.4, 0.5) is 5.69 Å². The number of hydrogen-bond acceptors (Lipinski definition) is 6. The fraction of sp³-hybridized carbons (Fsp3) is 0. The number of anilines is 1. The standard InChI is InChI=1S/C10H9NO7S2/c11-6-3-1-2-5-9(6)7(12)4-8(19(13,14)15)10(5)20(16,17)18/h1-4,12H,11H2,(H,13,14,15)(H,16,17,18). The summed E-state index contributed by atoms with van der Waals surface area (Å²) in [4.78, 5) is -2.17. The van der Waals surface area contributed by atoms with Crippen LogP contribution in [-0.4, -0.2) is 31.0 Å². The van der Waals surface area contributed by atoms with Crippen molar-refractivity contribution in [1.29, 1.82) is 0 Å². The Morgan fingerprint density at radius 2 is 1.60 bits per heavy atom. The molecule has 0 aliphatic carbocycles. The maximum Gasteiger partial charge on any atom is 0.296 e. The van der Waals surface area contributed by atoms with E-state index in [4.69, 9.17) is 10.3 Å². The second-order valence-corrected chi connectivity index (χ2v) is 6.69. The van der Waals surface area contributed by atoms with Gasteiger partial charge in [-0.2, -0.15) is 16.8 Å². The van der Waals surface area contributed by atoms with Crippen LogP contribution >= 0.6 is 0 Å². The molecule has 2 aromatic carbocycles. The van der Waals surface area contributed by atoms with Crippen LogP contribution in [-0.2, 0) is 20.2 Å². The molecule has 0 saturated carbocycles. The number of phenolic OH excluding ortho intramolecular Hbond substituents is 1. The van der Waals surface area contributed by atoms with Crippen LogP contribution < -0.4 is 5.73 Å². The molecule has 0 atom stereocenters. The van der Waals surface area contributed by atoms with Gasteiger partial charge in [-0.05, 0) is 6.07 Å². The first-order valence-electron chi connectivity index (χ1n) is 5.02. The Labute approximate surface area is 114 Å². The molecule has 108 valence electrons. The van der Waals surface area contributed by atoms with Crippen molar-refractivity contribution >= 4 is 36.7 Å². The van der Waals surface area contributed by atoms with Crippen molar-refractivity contribution in [3.05, 3.63) is 24.3 Å². The van der Waals surface area contributed by atoms with Crippen molar-refractivity contribution in [3.8, 4) is 5.75 Å². The fourth-order valence-electron chi connectivity index (χ4n) is 1.90. The average Bonchev–Trinajstić information content (AvgIpc) is 2.25. The molecule has 8 nitrogen and oxygen atoms in total. The third-order valence-electron chi connectivity index (χ3n) is 2.62. The summed E-state index contributed by atoms with van der Waals surface area (Å²) >= 11 is 0. The predicted octanol–water partition coefficient (Wildman–Crippen LogP) is 0.621. The van der Waals surface area contributed by atoms with E-state index in [0.717, 1.165) is 6.07 Å². The first-order valence-corrected chi connectivity index (χ1v) is 7.90. The zero-order valence-corrected chi connectivity index (χ0v) is 11.3. The molecule has 0 aliphatic rings. The van der Waals surface area contributed by atoms with Crippen molar-refractivity contribution in [2.45, 2.75) is 9.79 Å². The van der Waals surface area contributed by atoms with Gasteiger partial charge in [0.25, 0.3) is 20.2 Å². The van der Waals surface area contributed by atoms with Crippen LogP contribution in [0.25, 0.3) is 10.8 Å². The molecule has 2 rings (SSSR count). The molecule has 0 unspecified atom stereocenters. The minimum absolute atomic E-state index is 0.0215. The van der Waals surface area contributed by atoms with Gasteiger partial charge in [-0.3, -0.25) is 9.11 Å². The maximum absolute atomic E-state index is 11.4. The molecule has 0 saturated heterocycles. The molecular weight excluding hydrogens is 310 g/mol. The second-order valence-electron chi connectivity index (χ2n) is 3.94. The van der Waals surface area contributed by atoms with Gasteiger partial charge < -0.3 is 10.8 Å². The van der Waals surface area contributed by atoms with Crippen molar-refractivity contribution in [1.82, 2.24) is 0 Å². The van der Waals surface area contributed by atoms with Crippen molar-refractivity contribution in [2.75, 3.05) is 5.73 Å². The van der Waals surface area contributed by atoms with Crippen LogP contribution in [0, 0.1) is 0 Å². The van der Waals surface area contributed by atoms with Crippen molar-refractivity contribution < 1.29 is 31.0 Å². The quantitative estimate of drug-likeness (QED) is 0.463. The largest absolute Gasteiger partial charge is 0.507 e. The summed E-state index contributed by atoms with van der Waals surface area (Å²) in [6.45, 7) is 0. The summed E-state index contributed by atoms with van der Waals surface area (Å²) < 4.78 is 63.5. The van der Waals surface area contributed by atoms with Crippen LogP contribution in [0.15, 0.2) is 34.1 Å². The number of phenols is 1. The van der Waals surface area contributed by atoms with Gasteiger partial charge in [0, 0.05) is 22.5 Å². The van der Waals surface area contributed by atoms with Crippen molar-refractivity contribution in [3.63, 3.8) is 0 Å². The van der Waals surface area contributed by atoms with E-state index in [0.29, 0.717) is 6.07 Å². The van der Waals surface area contributed by atoms with Gasteiger partial charge >= 0.3 is 0 Å². The fourth-order valence-corrected chi connectivity index (χ4v) is 3.90. The molecule has 0 aromatic heterocycles. The highest BCUT2D eigenvalue weighted by Crippen LogP contribution is 2.38. The average molecular weight is 319 g/mol. The third kappa shape index (κ3) is 2.29. The number of nitrogens with two attached hydrogens (primary N) is 1. The molecule has 0 spiro atoms. The molecule has 0 fully saturated rings. The number of hydrogen-bond donors (Lipinski definition) is 4. The number of benzene rings is 2. The SMILES string of the molecule is Nc1cccc2c(S(=O)(=O)O)c(S(=O)(=O)O)cc(O)c12. The van der Waals surface area contributed by atoms with E-state index in [2.05, 4.69) is 0 Å². The molecule has 0 heterocycles. The Bertz CT molecular complexity index is 916. The molecule has 2 aromatic rings. The Hall–Kier alpha value is -1.88. The molecule has 5 N–H and O–H groups in total. The first-order chi connectivity index (χ1) is 9.03. The Balaban J connectivity index is 3.21. The smallest absolute Gasteiger partial charge is 0.296 e. The second kappa shape index (κ2) is 4.31. The van der Waals surface area contributed by atoms with Crippen LogP contribution in [0.2, 0.25) is 0 Å². The minimum Gasteiger partial charge on any atom is -0.507 e. The number of aromatic hydroxyl groups is 1. The summed E-state index contributed by atoms with van der Waals surface area (Å²) in [7, 11) is -9.97. The van der Waals surface area contributed by atoms with E-state index < -0.39 is 35.8 Å². The predicted molar refractivity (Wildman–Crippen MR) is 69.7 cm³/mol. The molecular formula is C10H9NO7S2. The molecule has 0 amide bonds. The first kappa shape index (κ1) is 14.5. The number of rotatable bonds is 2. The summed E-state index contributed by atoms with van der Waals surface area (Å²) in [5, 5.41) is 9.29. The number of nitrogen functional groups attached to an aromatic ring is 1. The van der Waals surface area contributed by atoms with Crippen LogP contribution in [0.1, 0.15) is 0 Å². The summed E-state index contributed by atoms with van der Waals surface area (Å²) in [6.07, 6.45) is 0. The van der Waals surface area contributed by atoms with Gasteiger partial charge in [0.1, 0.15) is 15.5 Å². The minimum atomic E-state index is -4.98. The number of fused-ring (bicyclic) bond motifs is 1. The van der Waals surface area contributed by atoms with Crippen molar-refractivity contribution in [2.24, 2.45) is 0 Å². The van der Waals surface area contributed by atoms with Crippen LogP contribution in [0.5, 0.6) is 5.75 Å². The van der Waals surface area contributed by atoms with E-state index in [1.54, 1.807) is 0 Å². The van der Waals surface area contributed by atoms with Gasteiger partial charge in [0.15, 0.2) is 0 Å². The van der Waals surface area contributed by atoms with E-state index in [-0.39, 0.29) is 16.5 Å². The molecule has 0 aliphatic heterocycles. The molecule has 20 heavy (non-hydrogen) atoms. The monoisotopic (exact) mass is 319 g/mol. The van der Waals surface area contributed by atoms with E-state index in [1.165, 1.54) is 12.1 Å². The third-order valence-corrected chi connectivity index (χ3v) is 4.59. The maximum atomic E-state index is 11.4. The van der Waals surface area contributed by atoms with E-state index in [9.17, 15) is 26.5 Å². The summed E-state index contributed by atoms with van der Waals surface area (Å²) in [5.41, 5.74) is 5.56. The van der Waals surface area contributed by atoms with Gasteiger partial charge in [-0.1, -0.05) is 12.1 Å². The zero-order chi connectivity index (χ0) is 15.3. The van der Waals surface area contributed by atoms with E-state index in [1.807, 2.05) is 0 Å². The molecule has 0 bridgehead atoms. The Kier molecular flexibility index (Phi) is 3.13. The lowest BCUT2D eigenvalue weighted by atomic mass is 10.1. The van der Waals surface area contributed by atoms with Gasteiger partial charge in [-0.25, -0.2) is 0 Å². The molecule has 10 heteroatoms. The van der Waals surface area contributed by atoms with E-state index >= 15 is 0 Å². The lowest BCUT2D eigenvalue weighted by molar-refractivity contribution is 0.460. The normalized spacial score (nSPS) is 12.7. The van der Waals surface area contributed by atoms with Crippen LogP contribution in [0.3, 0.4) is 0 Å². The van der Waals surface area contributed by atoms with Gasteiger partial charge in [0.2, 0.25) is 0 Å². The zero-order valence-electron chi connectivity index (χ0n) is 9.68. The summed E-state index contributed by atoms with van der Waals surface area (Å²) in [6, 6.07) is 4.31. The summed E-state index contributed by atoms with van der Waals surface area (Å²) in [5.74, 6) is -0.641. The highest BCUT2D eigenvalue weighted by molar-refractivity contribution is 7.89. The lowest BCUT2D eigenvalue weighted by Gasteiger charge is -2.11. The van der Waals surface area contributed by atoms with Gasteiger partial charge in [0.05, 0.1) is 0 Å². The van der Waals surface area contributed by atoms with Gasteiger partial charge in [-0.15, -0.1) is 0 Å². The Morgan fingerprint density at radius 3 is 2.10 bits per heavy atom. The highest BCUT2D eigenvalue weighted by atomic mass is 32.2.